The number of aromatic nitrogens is 3. The number of carbonyl (C=O) groups is 2. The molecule has 5 rings (SSSR count). The van der Waals surface area contributed by atoms with Crippen LogP contribution < -0.4 is 4.74 Å². The summed E-state index contributed by atoms with van der Waals surface area (Å²) in [6.45, 7) is 3.80. The maximum absolute atomic E-state index is 14.3. The first-order valence-corrected chi connectivity index (χ1v) is 12.9. The largest absolute Gasteiger partial charge is 0.497 e. The van der Waals surface area contributed by atoms with Crippen LogP contribution in [0, 0.1) is 6.92 Å². The van der Waals surface area contributed by atoms with Crippen molar-refractivity contribution in [3.8, 4) is 17.0 Å². The summed E-state index contributed by atoms with van der Waals surface area (Å²) in [5.74, 6) is -0.991. The third-order valence-electron chi connectivity index (χ3n) is 7.38. The Morgan fingerprint density at radius 3 is 2.34 bits per heavy atom. The van der Waals surface area contributed by atoms with Gasteiger partial charge in [-0.15, -0.1) is 0 Å². The molecule has 0 bridgehead atoms. The van der Waals surface area contributed by atoms with E-state index in [1.165, 1.54) is 18.9 Å². The number of amides is 1. The van der Waals surface area contributed by atoms with E-state index in [4.69, 9.17) is 4.74 Å². The molecule has 0 unspecified atom stereocenters. The number of carboxylic acid groups (broad SMARTS) is 1. The van der Waals surface area contributed by atoms with Crippen molar-refractivity contribution < 1.29 is 32.6 Å². The smallest absolute Gasteiger partial charge is 0.433 e. The summed E-state index contributed by atoms with van der Waals surface area (Å²) in [5.41, 5.74) is -0.285. The van der Waals surface area contributed by atoms with Gasteiger partial charge in [-0.1, -0.05) is 30.3 Å². The fourth-order valence-electron chi connectivity index (χ4n) is 5.41. The highest BCUT2D eigenvalue weighted by molar-refractivity contribution is 6.00. The fourth-order valence-corrected chi connectivity index (χ4v) is 5.41. The lowest BCUT2D eigenvalue weighted by Crippen LogP contribution is -2.55. The molecule has 1 fully saturated rings. The summed E-state index contributed by atoms with van der Waals surface area (Å²) < 4.78 is 48.7. The molecule has 1 N–H and O–H groups in total. The van der Waals surface area contributed by atoms with Crippen LogP contribution in [0.4, 0.5) is 13.2 Å². The molecule has 2 aromatic heterocycles. The highest BCUT2D eigenvalue weighted by Gasteiger charge is 2.40. The predicted octanol–water partition coefficient (Wildman–Crippen LogP) is 4.70. The SMILES string of the molecule is COc1ccc(-c2nc3c(C(=O)N4CCN([C@H](C(=O)O)c5ccccc5)C[C@H]4C)cnn3c(C(F)(F)F)c2C)cc1. The monoisotopic (exact) mass is 567 g/mol. The van der Waals surface area contributed by atoms with E-state index in [-0.39, 0.29) is 42.1 Å². The number of carbonyl (C=O) groups excluding carboxylic acids is 1. The van der Waals surface area contributed by atoms with Gasteiger partial charge in [0.1, 0.15) is 17.4 Å². The fraction of sp³-hybridized carbons (Fsp3) is 0.310. The Kier molecular flexibility index (Phi) is 7.43. The van der Waals surface area contributed by atoms with E-state index in [0.717, 1.165) is 6.20 Å². The number of halogens is 3. The predicted molar refractivity (Wildman–Crippen MR) is 144 cm³/mol. The van der Waals surface area contributed by atoms with Crippen LogP contribution in [0.15, 0.2) is 60.8 Å². The standard InChI is InChI=1S/C29H28F3N5O4/c1-17-16-35(24(28(39)40)20-7-5-4-6-8-20)13-14-36(17)27(38)22-15-33-37-25(29(30,31)32)18(2)23(34-26(22)37)19-9-11-21(41-3)12-10-19/h4-12,15,17,24H,13-14,16H2,1-3H3,(H,39,40)/t17-,24+/m1/s1. The van der Waals surface area contributed by atoms with E-state index in [9.17, 15) is 27.9 Å². The Morgan fingerprint density at radius 1 is 1.07 bits per heavy atom. The summed E-state index contributed by atoms with van der Waals surface area (Å²) in [6.07, 6.45) is -3.65. The molecule has 0 saturated carbocycles. The molecule has 3 heterocycles. The van der Waals surface area contributed by atoms with Crippen LogP contribution in [-0.4, -0.2) is 74.2 Å². The van der Waals surface area contributed by atoms with Gasteiger partial charge in [0.05, 0.1) is 19.0 Å². The molecule has 1 saturated heterocycles. The van der Waals surface area contributed by atoms with Gasteiger partial charge in [-0.2, -0.15) is 18.3 Å². The summed E-state index contributed by atoms with van der Waals surface area (Å²) in [5, 5.41) is 13.9. The highest BCUT2D eigenvalue weighted by atomic mass is 19.4. The molecule has 2 atom stereocenters. The van der Waals surface area contributed by atoms with Crippen LogP contribution in [0.1, 0.15) is 40.1 Å². The first-order valence-electron chi connectivity index (χ1n) is 12.9. The first-order chi connectivity index (χ1) is 19.5. The lowest BCUT2D eigenvalue weighted by molar-refractivity contribution is -0.145. The number of carboxylic acids is 1. The third kappa shape index (κ3) is 5.22. The molecule has 41 heavy (non-hydrogen) atoms. The van der Waals surface area contributed by atoms with Crippen molar-refractivity contribution in [1.29, 1.82) is 0 Å². The van der Waals surface area contributed by atoms with Crippen molar-refractivity contribution in [3.05, 3.63) is 83.2 Å². The normalized spacial score (nSPS) is 17.0. The van der Waals surface area contributed by atoms with Crippen LogP contribution in [0.3, 0.4) is 0 Å². The molecular weight excluding hydrogens is 539 g/mol. The number of hydrogen-bond acceptors (Lipinski definition) is 6. The van der Waals surface area contributed by atoms with Crippen LogP contribution in [0.25, 0.3) is 16.9 Å². The highest BCUT2D eigenvalue weighted by Crippen LogP contribution is 2.37. The molecule has 214 valence electrons. The summed E-state index contributed by atoms with van der Waals surface area (Å²) in [7, 11) is 1.49. The molecule has 4 aromatic rings. The summed E-state index contributed by atoms with van der Waals surface area (Å²) >= 11 is 0. The number of benzene rings is 2. The van der Waals surface area contributed by atoms with E-state index in [1.807, 2.05) is 0 Å². The first kappa shape index (κ1) is 28.1. The zero-order valence-electron chi connectivity index (χ0n) is 22.6. The molecule has 1 aliphatic heterocycles. The molecule has 2 aromatic carbocycles. The molecule has 12 heteroatoms. The second kappa shape index (κ2) is 10.8. The minimum atomic E-state index is -4.76. The lowest BCUT2D eigenvalue weighted by atomic mass is 10.0. The average Bonchev–Trinajstić information content (AvgIpc) is 3.35. The second-order valence-electron chi connectivity index (χ2n) is 9.95. The number of hydrogen-bond donors (Lipinski definition) is 1. The zero-order chi connectivity index (χ0) is 29.5. The molecular formula is C29H28F3N5O4. The quantitative estimate of drug-likeness (QED) is 0.360. The van der Waals surface area contributed by atoms with Gasteiger partial charge in [-0.05, 0) is 43.7 Å². The number of aliphatic carboxylic acids is 1. The molecule has 9 nitrogen and oxygen atoms in total. The Bertz CT molecular complexity index is 1590. The molecule has 0 radical (unpaired) electrons. The maximum Gasteiger partial charge on any atom is 0.433 e. The van der Waals surface area contributed by atoms with Gasteiger partial charge in [0.2, 0.25) is 0 Å². The van der Waals surface area contributed by atoms with E-state index in [2.05, 4.69) is 10.1 Å². The van der Waals surface area contributed by atoms with Gasteiger partial charge in [0.25, 0.3) is 5.91 Å². The topological polar surface area (TPSA) is 100 Å². The van der Waals surface area contributed by atoms with Gasteiger partial charge in [0, 0.05) is 36.8 Å². The number of ether oxygens (including phenoxy) is 1. The molecule has 0 aliphatic carbocycles. The van der Waals surface area contributed by atoms with Crippen LogP contribution >= 0.6 is 0 Å². The van der Waals surface area contributed by atoms with Crippen LogP contribution in [-0.2, 0) is 11.0 Å². The Labute approximate surface area is 233 Å². The number of nitrogens with zero attached hydrogens (tertiary/aromatic N) is 5. The Balaban J connectivity index is 1.50. The number of fused-ring (bicyclic) bond motifs is 1. The van der Waals surface area contributed by atoms with Crippen molar-refractivity contribution in [3.63, 3.8) is 0 Å². The summed E-state index contributed by atoms with van der Waals surface area (Å²) in [6, 6.07) is 14.0. The molecule has 1 amide bonds. The van der Waals surface area contributed by atoms with Gasteiger partial charge in [0.15, 0.2) is 11.3 Å². The van der Waals surface area contributed by atoms with Crippen molar-refractivity contribution in [2.24, 2.45) is 0 Å². The Hall–Kier alpha value is -4.45. The third-order valence-corrected chi connectivity index (χ3v) is 7.38. The van der Waals surface area contributed by atoms with Gasteiger partial charge in [-0.3, -0.25) is 14.5 Å². The minimum absolute atomic E-state index is 0.0663. The van der Waals surface area contributed by atoms with Crippen molar-refractivity contribution in [2.45, 2.75) is 32.1 Å². The van der Waals surface area contributed by atoms with Crippen molar-refractivity contribution >= 4 is 17.5 Å². The maximum atomic E-state index is 14.3. The van der Waals surface area contributed by atoms with Crippen molar-refractivity contribution in [1.82, 2.24) is 24.4 Å². The van der Waals surface area contributed by atoms with E-state index >= 15 is 0 Å². The van der Waals surface area contributed by atoms with Crippen LogP contribution in [0.2, 0.25) is 0 Å². The average molecular weight is 568 g/mol. The van der Waals surface area contributed by atoms with E-state index in [0.29, 0.717) is 21.4 Å². The second-order valence-corrected chi connectivity index (χ2v) is 9.95. The van der Waals surface area contributed by atoms with Gasteiger partial charge in [-0.25, -0.2) is 9.50 Å². The van der Waals surface area contributed by atoms with Crippen molar-refractivity contribution in [2.75, 3.05) is 26.7 Å². The van der Waals surface area contributed by atoms with Crippen LogP contribution in [0.5, 0.6) is 5.75 Å². The number of piperazine rings is 1. The molecule has 1 aliphatic rings. The zero-order valence-corrected chi connectivity index (χ0v) is 22.6. The summed E-state index contributed by atoms with van der Waals surface area (Å²) in [4.78, 5) is 33.7. The van der Waals surface area contributed by atoms with E-state index in [1.54, 1.807) is 66.4 Å². The van der Waals surface area contributed by atoms with Gasteiger partial charge < -0.3 is 14.7 Å². The lowest BCUT2D eigenvalue weighted by Gasteiger charge is -2.42. The minimum Gasteiger partial charge on any atom is -0.497 e. The number of alkyl halides is 3. The Morgan fingerprint density at radius 2 is 1.76 bits per heavy atom. The number of rotatable bonds is 6. The molecule has 0 spiro atoms. The van der Waals surface area contributed by atoms with Gasteiger partial charge >= 0.3 is 12.1 Å². The van der Waals surface area contributed by atoms with E-state index < -0.39 is 35.8 Å². The number of methoxy groups -OCH3 is 1.